The molecule has 0 unspecified atom stereocenters. The zero-order valence-corrected chi connectivity index (χ0v) is 20.7. The van der Waals surface area contributed by atoms with Crippen molar-refractivity contribution in [3.8, 4) is 5.75 Å². The maximum Gasteiger partial charge on any atom is 0.414 e. The smallest absolute Gasteiger partial charge is 0.414 e. The van der Waals surface area contributed by atoms with Crippen molar-refractivity contribution >= 4 is 18.1 Å². The number of nitrogens with zero attached hydrogens (tertiary/aromatic N) is 1. The normalized spacial score (nSPS) is 14.5. The highest BCUT2D eigenvalue weighted by atomic mass is 16.6. The lowest BCUT2D eigenvalue weighted by molar-refractivity contribution is 0.0545. The molecule has 2 N–H and O–H groups in total. The van der Waals surface area contributed by atoms with Gasteiger partial charge in [-0.1, -0.05) is 31.4 Å². The number of carbonyl (C=O) groups is 2. The van der Waals surface area contributed by atoms with Gasteiger partial charge in [-0.05, 0) is 66.4 Å². The van der Waals surface area contributed by atoms with Crippen LogP contribution in [0.15, 0.2) is 17.1 Å². The van der Waals surface area contributed by atoms with Crippen molar-refractivity contribution < 1.29 is 23.8 Å². The lowest BCUT2D eigenvalue weighted by Gasteiger charge is -2.22. The molecule has 2 rings (SSSR count). The van der Waals surface area contributed by atoms with Crippen molar-refractivity contribution in [2.45, 2.75) is 91.4 Å². The quantitative estimate of drug-likeness (QED) is 0.469. The third-order valence-electron chi connectivity index (χ3n) is 4.62. The molecule has 8 nitrogen and oxygen atoms in total. The van der Waals surface area contributed by atoms with Crippen LogP contribution in [0.3, 0.4) is 0 Å². The maximum atomic E-state index is 12.2. The third-order valence-corrected chi connectivity index (χ3v) is 4.62. The van der Waals surface area contributed by atoms with Crippen molar-refractivity contribution in [1.82, 2.24) is 10.6 Å². The maximum absolute atomic E-state index is 12.2. The third kappa shape index (κ3) is 11.5. The summed E-state index contributed by atoms with van der Waals surface area (Å²) in [6.45, 7) is 11.3. The van der Waals surface area contributed by atoms with E-state index in [0.717, 1.165) is 0 Å². The number of nitrogens with one attached hydrogen (secondary N) is 2. The van der Waals surface area contributed by atoms with E-state index < -0.39 is 23.4 Å². The minimum atomic E-state index is -0.739. The van der Waals surface area contributed by atoms with Crippen LogP contribution in [0.5, 0.6) is 5.75 Å². The van der Waals surface area contributed by atoms with E-state index in [4.69, 9.17) is 14.2 Å². The van der Waals surface area contributed by atoms with Gasteiger partial charge in [-0.25, -0.2) is 14.6 Å². The van der Waals surface area contributed by atoms with Crippen molar-refractivity contribution in [2.24, 2.45) is 10.9 Å². The zero-order valence-electron chi connectivity index (χ0n) is 20.7. The monoisotopic (exact) mass is 459 g/mol. The molecule has 1 aromatic rings. The summed E-state index contributed by atoms with van der Waals surface area (Å²) in [5.74, 6) is 1.21. The van der Waals surface area contributed by atoms with E-state index >= 15 is 0 Å². The van der Waals surface area contributed by atoms with Gasteiger partial charge < -0.3 is 14.2 Å². The number of guanidine groups is 1. The van der Waals surface area contributed by atoms with Gasteiger partial charge in [0, 0.05) is 11.6 Å². The number of carbonyl (C=O) groups excluding carboxylic acids is 2. The highest BCUT2D eigenvalue weighted by Crippen LogP contribution is 2.24. The Morgan fingerprint density at radius 3 is 2.12 bits per heavy atom. The second-order valence-corrected chi connectivity index (χ2v) is 10.2. The zero-order chi connectivity index (χ0) is 24.5. The van der Waals surface area contributed by atoms with E-state index in [1.165, 1.54) is 32.1 Å². The van der Waals surface area contributed by atoms with Gasteiger partial charge in [-0.3, -0.25) is 10.6 Å². The molecule has 0 saturated heterocycles. The molecule has 1 aliphatic rings. The Morgan fingerprint density at radius 2 is 1.58 bits per heavy atom. The molecule has 0 heterocycles. The van der Waals surface area contributed by atoms with Crippen LogP contribution in [0.2, 0.25) is 0 Å². The van der Waals surface area contributed by atoms with E-state index in [2.05, 4.69) is 27.8 Å². The summed E-state index contributed by atoms with van der Waals surface area (Å²) in [6.07, 6.45) is 4.77. The van der Waals surface area contributed by atoms with Crippen molar-refractivity contribution in [2.75, 3.05) is 6.61 Å². The Labute approximate surface area is 197 Å². The lowest BCUT2D eigenvalue weighted by Crippen LogP contribution is -2.47. The molecule has 8 heteroatoms. The minimum absolute atomic E-state index is 0.0829. The van der Waals surface area contributed by atoms with Crippen molar-refractivity contribution in [3.63, 3.8) is 0 Å². The fourth-order valence-electron chi connectivity index (χ4n) is 3.26. The number of amides is 2. The molecule has 0 bridgehead atoms. The van der Waals surface area contributed by atoms with Crippen molar-refractivity contribution in [1.29, 1.82) is 0 Å². The fourth-order valence-corrected chi connectivity index (χ4v) is 3.26. The van der Waals surface area contributed by atoms with Crippen molar-refractivity contribution in [3.05, 3.63) is 29.8 Å². The first kappa shape index (κ1) is 26.3. The van der Waals surface area contributed by atoms with Gasteiger partial charge in [0.1, 0.15) is 17.0 Å². The molecule has 33 heavy (non-hydrogen) atoms. The first-order valence-corrected chi connectivity index (χ1v) is 11.5. The molecule has 1 aliphatic carbocycles. The van der Waals surface area contributed by atoms with Crippen LogP contribution in [0.1, 0.15) is 79.2 Å². The molecule has 0 aromatic heterocycles. The number of hydrogen-bond donors (Lipinski definition) is 2. The van der Waals surface area contributed by atoms with E-state index in [1.807, 2.05) is 6.07 Å². The van der Waals surface area contributed by atoms with Crippen LogP contribution in [-0.4, -0.2) is 36.0 Å². The average molecular weight is 460 g/mol. The van der Waals surface area contributed by atoms with Crippen LogP contribution in [0, 0.1) is 18.1 Å². The van der Waals surface area contributed by atoms with E-state index in [1.54, 1.807) is 47.6 Å². The molecule has 0 radical (unpaired) electrons. The second-order valence-electron chi connectivity index (χ2n) is 10.2. The van der Waals surface area contributed by atoms with Gasteiger partial charge in [0.25, 0.3) is 0 Å². The van der Waals surface area contributed by atoms with Crippen LogP contribution in [0.25, 0.3) is 0 Å². The van der Waals surface area contributed by atoms with Gasteiger partial charge in [0.15, 0.2) is 0 Å². The Bertz CT molecular complexity index is 786. The number of aliphatic imine (C=N–C) groups is 1. The molecule has 1 saturated carbocycles. The van der Waals surface area contributed by atoms with E-state index in [9.17, 15) is 9.59 Å². The van der Waals surface area contributed by atoms with Gasteiger partial charge in [0.05, 0.1) is 13.2 Å². The largest absolute Gasteiger partial charge is 0.493 e. The number of ether oxygens (including phenoxy) is 3. The minimum Gasteiger partial charge on any atom is -0.493 e. The number of alkyl carbamates (subject to hydrolysis) is 2. The predicted octanol–water partition coefficient (Wildman–Crippen LogP) is 5.15. The molecule has 0 spiro atoms. The Balaban J connectivity index is 2.04. The molecule has 0 aliphatic heterocycles. The average Bonchev–Trinajstić information content (AvgIpc) is 2.69. The lowest BCUT2D eigenvalue weighted by atomic mass is 9.90. The summed E-state index contributed by atoms with van der Waals surface area (Å²) in [6, 6.07) is 9.51. The Morgan fingerprint density at radius 1 is 1.00 bits per heavy atom. The Hall–Kier alpha value is -2.95. The number of rotatable bonds is 5. The summed E-state index contributed by atoms with van der Waals surface area (Å²) >= 11 is 0. The van der Waals surface area contributed by atoms with E-state index in [-0.39, 0.29) is 12.5 Å². The molecule has 182 valence electrons. The second kappa shape index (κ2) is 11.8. The Kier molecular flexibility index (Phi) is 9.39. The molecule has 2 amide bonds. The van der Waals surface area contributed by atoms with Crippen LogP contribution in [0.4, 0.5) is 9.59 Å². The highest BCUT2D eigenvalue weighted by molar-refractivity contribution is 6.01. The van der Waals surface area contributed by atoms with Gasteiger partial charge in [0.2, 0.25) is 5.96 Å². The van der Waals surface area contributed by atoms with Gasteiger partial charge in [-0.15, -0.1) is 0 Å². The molecule has 0 atom stereocenters. The molecule has 1 fully saturated rings. The molecule has 1 aromatic carbocycles. The number of hydrogen-bond acceptors (Lipinski definition) is 6. The topological polar surface area (TPSA) is 98.3 Å². The molecular weight excluding hydrogens is 422 g/mol. The first-order valence-electron chi connectivity index (χ1n) is 11.5. The predicted molar refractivity (Wildman–Crippen MR) is 126 cm³/mol. The summed E-state index contributed by atoms with van der Waals surface area (Å²) in [4.78, 5) is 28.7. The van der Waals surface area contributed by atoms with Crippen LogP contribution in [-0.2, 0) is 16.0 Å². The van der Waals surface area contributed by atoms with Gasteiger partial charge >= 0.3 is 12.2 Å². The molecular formula is C25H37N3O5. The van der Waals surface area contributed by atoms with Gasteiger partial charge in [-0.2, -0.15) is 0 Å². The first-order chi connectivity index (χ1) is 15.4. The summed E-state index contributed by atoms with van der Waals surface area (Å²) in [5, 5.41) is 4.93. The summed E-state index contributed by atoms with van der Waals surface area (Å²) in [7, 11) is 0. The van der Waals surface area contributed by atoms with Crippen LogP contribution >= 0.6 is 0 Å². The summed E-state index contributed by atoms with van der Waals surface area (Å²) < 4.78 is 16.5. The summed E-state index contributed by atoms with van der Waals surface area (Å²) in [5.41, 5.74) is -0.701. The SMILES string of the molecule is CC(C)(C)OC(=O)NC(=NCc1c#ccc(OCC2CCCCC2)c1)NC(=O)OC(C)(C)C. The standard InChI is InChI=1S/C25H37N3O5/c1-24(2,3)32-22(29)27-21(28-23(30)33-25(4,5)6)26-16-19-13-10-14-20(15-19)31-17-18-11-8-7-9-12-18/h14-15,18H,7-9,11-12,16-17H2,1-6H3,(H2,26,27,28,29,30). The van der Waals surface area contributed by atoms with E-state index in [0.29, 0.717) is 23.8 Å². The highest BCUT2D eigenvalue weighted by Gasteiger charge is 2.21. The van der Waals surface area contributed by atoms with Crippen LogP contribution < -0.4 is 15.4 Å². The fraction of sp³-hybridized carbons (Fsp3) is 0.640.